The SMILES string of the molecule is NCCCCCC(=O)NCCC12C=CC(CC1)C1C(=O)N(CCCCCC(N)=O)C(=O)C12. The van der Waals surface area contributed by atoms with Gasteiger partial charge in [-0.1, -0.05) is 25.0 Å². The summed E-state index contributed by atoms with van der Waals surface area (Å²) in [4.78, 5) is 50.9. The summed E-state index contributed by atoms with van der Waals surface area (Å²) in [5, 5.41) is 3.01. The van der Waals surface area contributed by atoms with Crippen molar-refractivity contribution in [1.29, 1.82) is 0 Å². The average molecular weight is 447 g/mol. The van der Waals surface area contributed by atoms with E-state index in [-0.39, 0.29) is 46.8 Å². The van der Waals surface area contributed by atoms with Gasteiger partial charge in [0, 0.05) is 31.3 Å². The molecule has 4 atom stereocenters. The second-order valence-corrected chi connectivity index (χ2v) is 9.60. The van der Waals surface area contributed by atoms with Crippen LogP contribution in [-0.4, -0.2) is 48.2 Å². The van der Waals surface area contributed by atoms with E-state index in [4.69, 9.17) is 11.5 Å². The number of nitrogens with one attached hydrogen (secondary N) is 1. The molecule has 4 rings (SSSR count). The predicted octanol–water partition coefficient (Wildman–Crippen LogP) is 1.62. The maximum atomic E-state index is 13.3. The van der Waals surface area contributed by atoms with E-state index in [9.17, 15) is 19.2 Å². The Morgan fingerprint density at radius 3 is 2.50 bits per heavy atom. The van der Waals surface area contributed by atoms with Gasteiger partial charge in [-0.05, 0) is 57.4 Å². The summed E-state index contributed by atoms with van der Waals surface area (Å²) in [6.45, 7) is 1.57. The maximum Gasteiger partial charge on any atom is 0.233 e. The van der Waals surface area contributed by atoms with Crippen LogP contribution in [0.3, 0.4) is 0 Å². The van der Waals surface area contributed by atoms with Crippen LogP contribution in [0, 0.1) is 23.2 Å². The van der Waals surface area contributed by atoms with E-state index in [0.29, 0.717) is 51.7 Å². The lowest BCUT2D eigenvalue weighted by Crippen LogP contribution is -2.48. The fourth-order valence-electron chi connectivity index (χ4n) is 5.73. The van der Waals surface area contributed by atoms with E-state index in [1.54, 1.807) is 0 Å². The molecule has 1 saturated heterocycles. The van der Waals surface area contributed by atoms with Crippen molar-refractivity contribution >= 4 is 23.6 Å². The van der Waals surface area contributed by atoms with E-state index >= 15 is 0 Å². The predicted molar refractivity (Wildman–Crippen MR) is 121 cm³/mol. The largest absolute Gasteiger partial charge is 0.370 e. The number of carbonyl (C=O) groups excluding carboxylic acids is 4. The Labute approximate surface area is 190 Å². The van der Waals surface area contributed by atoms with Crippen LogP contribution in [0.5, 0.6) is 0 Å². The third-order valence-electron chi connectivity index (χ3n) is 7.47. The Kier molecular flexibility index (Phi) is 8.45. The van der Waals surface area contributed by atoms with Gasteiger partial charge in [-0.3, -0.25) is 24.1 Å². The lowest BCUT2D eigenvalue weighted by molar-refractivity contribution is -0.140. The number of likely N-dealkylation sites (tertiary alicyclic amines) is 1. The van der Waals surface area contributed by atoms with Crippen LogP contribution >= 0.6 is 0 Å². The zero-order valence-corrected chi connectivity index (χ0v) is 19.0. The third kappa shape index (κ3) is 5.39. The van der Waals surface area contributed by atoms with Crippen LogP contribution in [-0.2, 0) is 19.2 Å². The van der Waals surface area contributed by atoms with Gasteiger partial charge in [0.2, 0.25) is 23.6 Å². The minimum atomic E-state index is -0.348. The highest BCUT2D eigenvalue weighted by Gasteiger charge is 2.61. The van der Waals surface area contributed by atoms with Crippen LogP contribution in [0.25, 0.3) is 0 Å². The number of allylic oxidation sites excluding steroid dienone is 2. The van der Waals surface area contributed by atoms with Crippen molar-refractivity contribution in [3.63, 3.8) is 0 Å². The molecule has 8 heteroatoms. The lowest BCUT2D eigenvalue weighted by Gasteiger charge is -2.48. The molecular weight excluding hydrogens is 408 g/mol. The molecule has 0 spiro atoms. The van der Waals surface area contributed by atoms with E-state index in [2.05, 4.69) is 17.5 Å². The summed E-state index contributed by atoms with van der Waals surface area (Å²) < 4.78 is 0. The standard InChI is InChI=1S/C24H38N4O4/c25-14-5-1-4-8-19(30)27-15-13-24-11-9-17(10-12-24)20-21(24)23(32)28(22(20)31)16-6-2-3-7-18(26)29/h9,11,17,20-21H,1-8,10,12-16,25H2,(H2,26,29)(H,27,30). The van der Waals surface area contributed by atoms with Gasteiger partial charge < -0.3 is 16.8 Å². The smallest absolute Gasteiger partial charge is 0.233 e. The number of fused-ring (bicyclic) bond motifs is 1. The summed E-state index contributed by atoms with van der Waals surface area (Å²) >= 11 is 0. The van der Waals surface area contributed by atoms with Crippen molar-refractivity contribution in [3.05, 3.63) is 12.2 Å². The molecule has 0 aromatic rings. The number of rotatable bonds is 14. The van der Waals surface area contributed by atoms with Crippen LogP contribution in [0.1, 0.15) is 70.6 Å². The van der Waals surface area contributed by atoms with Crippen molar-refractivity contribution in [2.45, 2.75) is 70.6 Å². The molecule has 4 unspecified atom stereocenters. The number of nitrogens with zero attached hydrogens (tertiary/aromatic N) is 1. The minimum absolute atomic E-state index is 0.0369. The topological polar surface area (TPSA) is 136 Å². The maximum absolute atomic E-state index is 13.3. The third-order valence-corrected chi connectivity index (χ3v) is 7.47. The highest BCUT2D eigenvalue weighted by atomic mass is 16.2. The van der Waals surface area contributed by atoms with Crippen LogP contribution < -0.4 is 16.8 Å². The van der Waals surface area contributed by atoms with Crippen molar-refractivity contribution in [3.8, 4) is 0 Å². The molecule has 4 aliphatic rings. The number of unbranched alkanes of at least 4 members (excludes halogenated alkanes) is 4. The number of nitrogens with two attached hydrogens (primary N) is 2. The zero-order valence-electron chi connectivity index (χ0n) is 19.0. The summed E-state index contributed by atoms with van der Waals surface area (Å²) in [6, 6.07) is 0. The van der Waals surface area contributed by atoms with E-state index in [0.717, 1.165) is 38.5 Å². The first-order valence-electron chi connectivity index (χ1n) is 12.2. The van der Waals surface area contributed by atoms with Crippen molar-refractivity contribution in [2.75, 3.05) is 19.6 Å². The Balaban J connectivity index is 1.55. The molecule has 4 amide bonds. The van der Waals surface area contributed by atoms with Crippen LogP contribution in [0.4, 0.5) is 0 Å². The van der Waals surface area contributed by atoms with Crippen molar-refractivity contribution in [1.82, 2.24) is 10.2 Å². The second kappa shape index (κ2) is 11.1. The Morgan fingerprint density at radius 1 is 1.06 bits per heavy atom. The van der Waals surface area contributed by atoms with Gasteiger partial charge in [0.1, 0.15) is 0 Å². The summed E-state index contributed by atoms with van der Waals surface area (Å²) in [6.07, 6.45) is 12.4. The molecular formula is C24H38N4O4. The number of hydrogen-bond acceptors (Lipinski definition) is 5. The molecule has 3 aliphatic carbocycles. The molecule has 2 bridgehead atoms. The van der Waals surface area contributed by atoms with Crippen molar-refractivity contribution in [2.24, 2.45) is 34.6 Å². The molecule has 5 N–H and O–H groups in total. The second-order valence-electron chi connectivity index (χ2n) is 9.60. The molecule has 32 heavy (non-hydrogen) atoms. The Bertz CT molecular complexity index is 752. The number of imide groups is 1. The highest BCUT2D eigenvalue weighted by Crippen LogP contribution is 2.58. The molecule has 0 aromatic carbocycles. The molecule has 178 valence electrons. The first kappa shape index (κ1) is 24.4. The van der Waals surface area contributed by atoms with Gasteiger partial charge in [0.25, 0.3) is 0 Å². The van der Waals surface area contributed by atoms with Gasteiger partial charge in [-0.25, -0.2) is 0 Å². The minimum Gasteiger partial charge on any atom is -0.370 e. The number of primary amides is 1. The van der Waals surface area contributed by atoms with Gasteiger partial charge in [-0.2, -0.15) is 0 Å². The van der Waals surface area contributed by atoms with Gasteiger partial charge in [0.05, 0.1) is 11.8 Å². The summed E-state index contributed by atoms with van der Waals surface area (Å²) in [5.41, 5.74) is 10.3. The molecule has 0 radical (unpaired) electrons. The Hall–Kier alpha value is -2.22. The number of carbonyl (C=O) groups is 4. The van der Waals surface area contributed by atoms with Crippen LogP contribution in [0.15, 0.2) is 12.2 Å². The zero-order chi connectivity index (χ0) is 23.1. The molecule has 8 nitrogen and oxygen atoms in total. The monoisotopic (exact) mass is 446 g/mol. The Morgan fingerprint density at radius 2 is 1.81 bits per heavy atom. The molecule has 1 saturated carbocycles. The fraction of sp³-hybridized carbons (Fsp3) is 0.750. The lowest BCUT2D eigenvalue weighted by atomic mass is 9.53. The first-order chi connectivity index (χ1) is 15.4. The molecule has 1 aliphatic heterocycles. The van der Waals surface area contributed by atoms with Gasteiger partial charge >= 0.3 is 0 Å². The van der Waals surface area contributed by atoms with E-state index in [1.807, 2.05) is 0 Å². The highest BCUT2D eigenvalue weighted by molar-refractivity contribution is 6.06. The molecule has 0 aromatic heterocycles. The molecule has 2 fully saturated rings. The van der Waals surface area contributed by atoms with E-state index in [1.165, 1.54) is 4.90 Å². The fourth-order valence-corrected chi connectivity index (χ4v) is 5.73. The van der Waals surface area contributed by atoms with E-state index < -0.39 is 0 Å². The first-order valence-corrected chi connectivity index (χ1v) is 12.2. The number of hydrogen-bond donors (Lipinski definition) is 3. The average Bonchev–Trinajstić information content (AvgIpc) is 3.04. The quantitative estimate of drug-likeness (QED) is 0.212. The summed E-state index contributed by atoms with van der Waals surface area (Å²) in [5.74, 6) is -0.833. The normalized spacial score (nSPS) is 28.3. The van der Waals surface area contributed by atoms with Crippen molar-refractivity contribution < 1.29 is 19.2 Å². The van der Waals surface area contributed by atoms with Gasteiger partial charge in [0.15, 0.2) is 0 Å². The van der Waals surface area contributed by atoms with Gasteiger partial charge in [-0.15, -0.1) is 0 Å². The summed E-state index contributed by atoms with van der Waals surface area (Å²) in [7, 11) is 0. The molecule has 1 heterocycles. The van der Waals surface area contributed by atoms with Crippen LogP contribution in [0.2, 0.25) is 0 Å². The number of amides is 4.